The predicted molar refractivity (Wildman–Crippen MR) is 80.9 cm³/mol. The number of hydrogen-bond donors (Lipinski definition) is 3. The molecule has 0 radical (unpaired) electrons. The molecule has 0 aliphatic carbocycles. The van der Waals surface area contributed by atoms with Crippen LogP contribution >= 0.6 is 0 Å². The van der Waals surface area contributed by atoms with Gasteiger partial charge in [-0.2, -0.15) is 0 Å². The van der Waals surface area contributed by atoms with Crippen LogP contribution in [-0.2, 0) is 11.3 Å². The van der Waals surface area contributed by atoms with Crippen molar-refractivity contribution in [2.75, 3.05) is 30.4 Å². The number of anilines is 2. The maximum absolute atomic E-state index is 9.08. The van der Waals surface area contributed by atoms with Crippen molar-refractivity contribution < 1.29 is 9.84 Å². The zero-order valence-electron chi connectivity index (χ0n) is 12.9. The lowest BCUT2D eigenvalue weighted by molar-refractivity contribution is 0.128. The zero-order chi connectivity index (χ0) is 15.0. The number of ether oxygens (including phenoxy) is 1. The van der Waals surface area contributed by atoms with Crippen LogP contribution in [0.3, 0.4) is 0 Å². The lowest BCUT2D eigenvalue weighted by Gasteiger charge is -2.26. The van der Waals surface area contributed by atoms with Crippen molar-refractivity contribution in [1.29, 1.82) is 0 Å². The van der Waals surface area contributed by atoms with Crippen molar-refractivity contribution in [1.82, 2.24) is 9.97 Å². The quantitative estimate of drug-likeness (QED) is 0.643. The van der Waals surface area contributed by atoms with Gasteiger partial charge in [-0.3, -0.25) is 0 Å². The number of aromatic nitrogens is 2. The van der Waals surface area contributed by atoms with E-state index in [2.05, 4.69) is 20.6 Å². The average Bonchev–Trinajstić information content (AvgIpc) is 2.35. The Kier molecular flexibility index (Phi) is 6.67. The van der Waals surface area contributed by atoms with E-state index in [1.807, 2.05) is 33.8 Å². The molecule has 1 aromatic rings. The first-order valence-electron chi connectivity index (χ1n) is 7.09. The number of nitrogens with one attached hydrogen (secondary N) is 2. The van der Waals surface area contributed by atoms with Gasteiger partial charge in [-0.1, -0.05) is 0 Å². The van der Waals surface area contributed by atoms with E-state index in [1.165, 1.54) is 0 Å². The van der Waals surface area contributed by atoms with Crippen LogP contribution in [0.25, 0.3) is 0 Å². The third-order valence-electron chi connectivity index (χ3n) is 2.77. The first-order chi connectivity index (χ1) is 9.50. The number of aliphatic hydroxyl groups excluding tert-OH is 1. The molecule has 0 spiro atoms. The largest absolute Gasteiger partial charge is 0.396 e. The molecule has 0 saturated carbocycles. The summed E-state index contributed by atoms with van der Waals surface area (Å²) in [6, 6.07) is 1.87. The van der Waals surface area contributed by atoms with E-state index in [0.717, 1.165) is 18.2 Å². The van der Waals surface area contributed by atoms with E-state index in [-0.39, 0.29) is 12.1 Å². The lowest BCUT2D eigenvalue weighted by Crippen LogP contribution is -2.32. The Morgan fingerprint density at radius 2 is 1.95 bits per heavy atom. The summed E-state index contributed by atoms with van der Waals surface area (Å²) in [7, 11) is 0. The molecule has 1 aromatic heterocycles. The Hall–Kier alpha value is -1.40. The van der Waals surface area contributed by atoms with Gasteiger partial charge in [0.15, 0.2) is 5.82 Å². The van der Waals surface area contributed by atoms with Crippen molar-refractivity contribution in [2.24, 2.45) is 0 Å². The molecule has 0 atom stereocenters. The van der Waals surface area contributed by atoms with Crippen LogP contribution < -0.4 is 10.6 Å². The van der Waals surface area contributed by atoms with E-state index in [0.29, 0.717) is 25.5 Å². The number of nitrogens with zero attached hydrogens (tertiary/aromatic N) is 2. The molecule has 1 heterocycles. The minimum Gasteiger partial charge on any atom is -0.396 e. The van der Waals surface area contributed by atoms with Crippen LogP contribution in [0.4, 0.5) is 11.6 Å². The maximum Gasteiger partial charge on any atom is 0.158 e. The van der Waals surface area contributed by atoms with Crippen molar-refractivity contribution in [3.8, 4) is 0 Å². The molecular formula is C14H26N4O2. The van der Waals surface area contributed by atoms with E-state index < -0.39 is 0 Å². The number of aliphatic hydroxyl groups is 1. The first-order valence-corrected chi connectivity index (χ1v) is 7.09. The fraction of sp³-hybridized carbons (Fsp3) is 0.714. The minimum absolute atomic E-state index is 0.136. The zero-order valence-corrected chi connectivity index (χ0v) is 12.9. The van der Waals surface area contributed by atoms with E-state index in [4.69, 9.17) is 9.84 Å². The summed E-state index contributed by atoms with van der Waals surface area (Å²) in [5.74, 6) is 2.16. The normalized spacial score (nSPS) is 11.4. The van der Waals surface area contributed by atoms with Crippen LogP contribution in [0, 0.1) is 0 Å². The molecule has 0 saturated heterocycles. The molecule has 0 aliphatic rings. The van der Waals surface area contributed by atoms with Crippen LogP contribution in [0.1, 0.15) is 39.9 Å². The number of hydrogen-bond acceptors (Lipinski definition) is 6. The van der Waals surface area contributed by atoms with Crippen LogP contribution in [0.5, 0.6) is 0 Å². The third kappa shape index (κ3) is 5.71. The van der Waals surface area contributed by atoms with Gasteiger partial charge in [0.05, 0.1) is 0 Å². The average molecular weight is 282 g/mol. The molecule has 6 heteroatoms. The second kappa shape index (κ2) is 8.01. The summed E-state index contributed by atoms with van der Waals surface area (Å²) < 4.78 is 5.36. The van der Waals surface area contributed by atoms with Crippen molar-refractivity contribution >= 4 is 11.6 Å². The molecule has 0 aliphatic heterocycles. The molecule has 0 amide bonds. The Morgan fingerprint density at radius 1 is 1.25 bits per heavy atom. The lowest BCUT2D eigenvalue weighted by atomic mass is 10.0. The minimum atomic E-state index is -0.227. The molecule has 0 aromatic carbocycles. The van der Waals surface area contributed by atoms with Gasteiger partial charge >= 0.3 is 0 Å². The third-order valence-corrected chi connectivity index (χ3v) is 2.77. The Morgan fingerprint density at radius 3 is 2.55 bits per heavy atom. The van der Waals surface area contributed by atoms with Gasteiger partial charge in [0, 0.05) is 31.4 Å². The highest BCUT2D eigenvalue weighted by Crippen LogP contribution is 2.19. The molecule has 114 valence electrons. The van der Waals surface area contributed by atoms with Crippen molar-refractivity contribution in [3.05, 3.63) is 11.9 Å². The summed E-state index contributed by atoms with van der Waals surface area (Å²) in [5.41, 5.74) is -0.227. The van der Waals surface area contributed by atoms with E-state index in [1.54, 1.807) is 0 Å². The highest BCUT2D eigenvalue weighted by atomic mass is 16.5. The molecule has 1 rings (SSSR count). The van der Waals surface area contributed by atoms with Gasteiger partial charge < -0.3 is 20.5 Å². The highest BCUT2D eigenvalue weighted by molar-refractivity contribution is 5.48. The summed E-state index contributed by atoms with van der Waals surface area (Å²) >= 11 is 0. The Balaban J connectivity index is 2.89. The second-order valence-corrected chi connectivity index (χ2v) is 5.20. The van der Waals surface area contributed by atoms with Crippen LogP contribution in [-0.4, -0.2) is 40.4 Å². The molecule has 6 nitrogen and oxygen atoms in total. The number of rotatable bonds is 9. The molecular weight excluding hydrogens is 256 g/mol. The van der Waals surface area contributed by atoms with Gasteiger partial charge in [0.25, 0.3) is 0 Å². The fourth-order valence-corrected chi connectivity index (χ4v) is 1.78. The standard InChI is InChI=1S/C14H26N4O2/c1-5-15-11-9-12(18-14(3,4)7-8-19)17-13(16-11)10-20-6-2/h9,19H,5-8,10H2,1-4H3,(H2,15,16,17,18). The highest BCUT2D eigenvalue weighted by Gasteiger charge is 2.18. The second-order valence-electron chi connectivity index (χ2n) is 5.20. The van der Waals surface area contributed by atoms with Gasteiger partial charge in [-0.15, -0.1) is 0 Å². The van der Waals surface area contributed by atoms with Crippen molar-refractivity contribution in [2.45, 2.75) is 46.3 Å². The Labute approximate surface area is 121 Å². The summed E-state index contributed by atoms with van der Waals surface area (Å²) in [5, 5.41) is 15.6. The Bertz CT molecular complexity index is 410. The topological polar surface area (TPSA) is 79.3 Å². The van der Waals surface area contributed by atoms with Crippen LogP contribution in [0.2, 0.25) is 0 Å². The van der Waals surface area contributed by atoms with E-state index >= 15 is 0 Å². The molecule has 3 N–H and O–H groups in total. The van der Waals surface area contributed by atoms with Gasteiger partial charge in [0.2, 0.25) is 0 Å². The van der Waals surface area contributed by atoms with E-state index in [9.17, 15) is 0 Å². The van der Waals surface area contributed by atoms with Gasteiger partial charge in [-0.25, -0.2) is 9.97 Å². The molecule has 0 bridgehead atoms. The summed E-state index contributed by atoms with van der Waals surface area (Å²) in [4.78, 5) is 8.85. The SMILES string of the molecule is CCNc1cc(NC(C)(C)CCO)nc(COCC)n1. The molecule has 0 fully saturated rings. The monoisotopic (exact) mass is 282 g/mol. The van der Waals surface area contributed by atoms with Gasteiger partial charge in [0.1, 0.15) is 18.2 Å². The molecule has 0 unspecified atom stereocenters. The predicted octanol–water partition coefficient (Wildman–Crippen LogP) is 2.02. The molecule has 20 heavy (non-hydrogen) atoms. The summed E-state index contributed by atoms with van der Waals surface area (Å²) in [6.45, 7) is 9.98. The van der Waals surface area contributed by atoms with Crippen LogP contribution in [0.15, 0.2) is 6.07 Å². The van der Waals surface area contributed by atoms with Crippen molar-refractivity contribution in [3.63, 3.8) is 0 Å². The first kappa shape index (κ1) is 16.7. The maximum atomic E-state index is 9.08. The summed E-state index contributed by atoms with van der Waals surface area (Å²) in [6.07, 6.45) is 0.647. The van der Waals surface area contributed by atoms with Gasteiger partial charge in [-0.05, 0) is 34.1 Å². The fourth-order valence-electron chi connectivity index (χ4n) is 1.78. The smallest absolute Gasteiger partial charge is 0.158 e.